The summed E-state index contributed by atoms with van der Waals surface area (Å²) >= 11 is 0. The Morgan fingerprint density at radius 1 is 0.943 bits per heavy atom. The van der Waals surface area contributed by atoms with Crippen LogP contribution in [0.4, 0.5) is 0 Å². The van der Waals surface area contributed by atoms with Crippen molar-refractivity contribution in [3.63, 3.8) is 0 Å². The fourth-order valence-electron chi connectivity index (χ4n) is 4.30. The third-order valence-electron chi connectivity index (χ3n) is 6.47. The van der Waals surface area contributed by atoms with Crippen LogP contribution in [0.5, 0.6) is 5.75 Å². The number of carboxylic acid groups (broad SMARTS) is 1. The van der Waals surface area contributed by atoms with Crippen molar-refractivity contribution in [1.29, 1.82) is 0 Å². The number of phenolic OH excluding ortho intramolecular Hbond substituents is 1. The molecule has 0 aromatic heterocycles. The summed E-state index contributed by atoms with van der Waals surface area (Å²) in [6, 6.07) is 19.8. The molecular formula is C28H33NO5S. The largest absolute Gasteiger partial charge is 0.507 e. The van der Waals surface area contributed by atoms with Gasteiger partial charge in [0.1, 0.15) is 10.6 Å². The fourth-order valence-corrected chi connectivity index (χ4v) is 5.81. The number of benzene rings is 3. The highest BCUT2D eigenvalue weighted by atomic mass is 32.2. The van der Waals surface area contributed by atoms with E-state index >= 15 is 0 Å². The van der Waals surface area contributed by atoms with Crippen molar-refractivity contribution in [2.24, 2.45) is 0 Å². The van der Waals surface area contributed by atoms with E-state index in [4.69, 9.17) is 0 Å². The third-order valence-corrected chi connectivity index (χ3v) is 8.44. The monoisotopic (exact) mass is 495 g/mol. The van der Waals surface area contributed by atoms with E-state index < -0.39 is 16.0 Å². The van der Waals surface area contributed by atoms with Gasteiger partial charge in [0, 0.05) is 13.1 Å². The first-order valence-corrected chi connectivity index (χ1v) is 13.2. The van der Waals surface area contributed by atoms with Crippen molar-refractivity contribution < 1.29 is 23.4 Å². The predicted octanol–water partition coefficient (Wildman–Crippen LogP) is 5.41. The van der Waals surface area contributed by atoms with E-state index in [1.54, 1.807) is 19.1 Å². The first kappa shape index (κ1) is 26.4. The molecule has 1 unspecified atom stereocenters. The van der Waals surface area contributed by atoms with E-state index in [2.05, 4.69) is 19.1 Å². The number of para-hydroxylation sites is 1. The molecule has 0 bridgehead atoms. The lowest BCUT2D eigenvalue weighted by Gasteiger charge is -2.23. The van der Waals surface area contributed by atoms with Crippen molar-refractivity contribution >= 4 is 16.0 Å². The Kier molecular flexibility index (Phi) is 8.70. The van der Waals surface area contributed by atoms with Crippen LogP contribution < -0.4 is 0 Å². The molecule has 3 rings (SSSR count). The third kappa shape index (κ3) is 6.50. The molecule has 6 nitrogen and oxygen atoms in total. The van der Waals surface area contributed by atoms with Gasteiger partial charge in [-0.1, -0.05) is 61.5 Å². The summed E-state index contributed by atoms with van der Waals surface area (Å²) in [7, 11) is -3.91. The number of phenols is 1. The second kappa shape index (κ2) is 11.5. The SMILES string of the molecule is CCN(Cc1cc(C(CCc2ccccc2C)CC(=O)O)ccc1C)S(=O)(=O)c1ccccc1O. The Hall–Kier alpha value is -3.16. The molecule has 0 saturated heterocycles. The first-order chi connectivity index (χ1) is 16.6. The van der Waals surface area contributed by atoms with Gasteiger partial charge in [-0.15, -0.1) is 0 Å². The highest BCUT2D eigenvalue weighted by Gasteiger charge is 2.27. The maximum atomic E-state index is 13.2. The minimum Gasteiger partial charge on any atom is -0.507 e. The molecule has 0 amide bonds. The predicted molar refractivity (Wildman–Crippen MR) is 137 cm³/mol. The first-order valence-electron chi connectivity index (χ1n) is 11.8. The molecule has 0 aliphatic carbocycles. The molecule has 2 N–H and O–H groups in total. The van der Waals surface area contributed by atoms with Crippen molar-refractivity contribution in [3.05, 3.63) is 94.5 Å². The molecule has 0 aliphatic heterocycles. The maximum Gasteiger partial charge on any atom is 0.303 e. The second-order valence-electron chi connectivity index (χ2n) is 8.84. The van der Waals surface area contributed by atoms with Crippen LogP contribution >= 0.6 is 0 Å². The molecule has 0 aliphatic rings. The van der Waals surface area contributed by atoms with Gasteiger partial charge in [-0.05, 0) is 72.6 Å². The molecule has 0 saturated carbocycles. The van der Waals surface area contributed by atoms with Crippen LogP contribution in [-0.4, -0.2) is 35.5 Å². The van der Waals surface area contributed by atoms with Crippen molar-refractivity contribution in [2.75, 3.05) is 6.54 Å². The van der Waals surface area contributed by atoms with Gasteiger partial charge in [0.15, 0.2) is 0 Å². The number of nitrogens with zero attached hydrogens (tertiary/aromatic N) is 1. The molecule has 0 radical (unpaired) electrons. The highest BCUT2D eigenvalue weighted by molar-refractivity contribution is 7.89. The van der Waals surface area contributed by atoms with Gasteiger partial charge in [0.25, 0.3) is 0 Å². The van der Waals surface area contributed by atoms with E-state index in [0.717, 1.165) is 23.1 Å². The van der Waals surface area contributed by atoms with Gasteiger partial charge < -0.3 is 10.2 Å². The van der Waals surface area contributed by atoms with E-state index in [1.807, 2.05) is 37.3 Å². The zero-order valence-corrected chi connectivity index (χ0v) is 21.3. The van der Waals surface area contributed by atoms with Gasteiger partial charge >= 0.3 is 5.97 Å². The van der Waals surface area contributed by atoms with Crippen LogP contribution in [0.2, 0.25) is 0 Å². The number of rotatable bonds is 11. The highest BCUT2D eigenvalue weighted by Crippen LogP contribution is 2.30. The van der Waals surface area contributed by atoms with Gasteiger partial charge in [0.05, 0.1) is 6.42 Å². The van der Waals surface area contributed by atoms with Gasteiger partial charge in [-0.2, -0.15) is 4.31 Å². The lowest BCUT2D eigenvalue weighted by atomic mass is 9.87. The second-order valence-corrected chi connectivity index (χ2v) is 10.8. The summed E-state index contributed by atoms with van der Waals surface area (Å²) in [6.45, 7) is 6.08. The Morgan fingerprint density at radius 3 is 2.26 bits per heavy atom. The molecule has 0 heterocycles. The average molecular weight is 496 g/mol. The molecular weight excluding hydrogens is 462 g/mol. The number of aromatic hydroxyl groups is 1. The van der Waals surface area contributed by atoms with Crippen molar-refractivity contribution in [1.82, 2.24) is 4.31 Å². The Bertz CT molecular complexity index is 1290. The van der Waals surface area contributed by atoms with Gasteiger partial charge in [-0.25, -0.2) is 8.42 Å². The smallest absolute Gasteiger partial charge is 0.303 e. The van der Waals surface area contributed by atoms with Crippen LogP contribution in [0.3, 0.4) is 0 Å². The number of carbonyl (C=O) groups is 1. The number of aryl methyl sites for hydroxylation is 3. The normalized spacial score (nSPS) is 12.6. The fraction of sp³-hybridized carbons (Fsp3) is 0.321. The number of hydrogen-bond donors (Lipinski definition) is 2. The number of aliphatic carboxylic acids is 1. The van der Waals surface area contributed by atoms with Crippen LogP contribution in [0.25, 0.3) is 0 Å². The molecule has 1 atom stereocenters. The van der Waals surface area contributed by atoms with Crippen LogP contribution in [-0.2, 0) is 27.8 Å². The molecule has 0 fully saturated rings. The summed E-state index contributed by atoms with van der Waals surface area (Å²) in [4.78, 5) is 11.5. The molecule has 3 aromatic carbocycles. The van der Waals surface area contributed by atoms with E-state index in [-0.39, 0.29) is 36.1 Å². The van der Waals surface area contributed by atoms with E-state index in [9.17, 15) is 23.4 Å². The molecule has 35 heavy (non-hydrogen) atoms. The minimum absolute atomic E-state index is 0.00204. The topological polar surface area (TPSA) is 94.9 Å². The number of hydrogen-bond acceptors (Lipinski definition) is 4. The lowest BCUT2D eigenvalue weighted by Crippen LogP contribution is -2.30. The average Bonchev–Trinajstić information content (AvgIpc) is 2.82. The standard InChI is InChI=1S/C28H33NO5S/c1-4-29(35(33,34)27-12-8-7-11-26(27)30)19-25-17-23(14-13-21(25)3)24(18-28(31)32)16-15-22-10-6-5-9-20(22)2/h5-14,17,24,30H,4,15-16,18-19H2,1-3H3,(H,31,32). The summed E-state index contributed by atoms with van der Waals surface area (Å²) in [5.74, 6) is -1.34. The summed E-state index contributed by atoms with van der Waals surface area (Å²) < 4.78 is 27.8. The van der Waals surface area contributed by atoms with Crippen molar-refractivity contribution in [2.45, 2.75) is 57.4 Å². The number of carboxylic acids is 1. The minimum atomic E-state index is -3.91. The summed E-state index contributed by atoms with van der Waals surface area (Å²) in [5.41, 5.74) is 5.00. The van der Waals surface area contributed by atoms with Gasteiger partial charge in [-0.3, -0.25) is 4.79 Å². The summed E-state index contributed by atoms with van der Waals surface area (Å²) in [5, 5.41) is 19.7. The molecule has 3 aromatic rings. The molecule has 186 valence electrons. The molecule has 7 heteroatoms. The zero-order valence-electron chi connectivity index (χ0n) is 20.4. The van der Waals surface area contributed by atoms with Crippen LogP contribution in [0.15, 0.2) is 71.6 Å². The zero-order chi connectivity index (χ0) is 25.6. The van der Waals surface area contributed by atoms with Crippen LogP contribution in [0.1, 0.15) is 53.5 Å². The Balaban J connectivity index is 1.89. The number of sulfonamides is 1. The Morgan fingerprint density at radius 2 is 1.60 bits per heavy atom. The van der Waals surface area contributed by atoms with Crippen LogP contribution in [0, 0.1) is 13.8 Å². The molecule has 0 spiro atoms. The summed E-state index contributed by atoms with van der Waals surface area (Å²) in [6.07, 6.45) is 1.44. The lowest BCUT2D eigenvalue weighted by molar-refractivity contribution is -0.137. The Labute approximate surface area is 207 Å². The quantitative estimate of drug-likeness (QED) is 0.371. The van der Waals surface area contributed by atoms with E-state index in [1.165, 1.54) is 27.6 Å². The van der Waals surface area contributed by atoms with Gasteiger partial charge in [0.2, 0.25) is 10.0 Å². The van der Waals surface area contributed by atoms with Crippen molar-refractivity contribution in [3.8, 4) is 5.75 Å². The van der Waals surface area contributed by atoms with E-state index in [0.29, 0.717) is 6.42 Å². The maximum absolute atomic E-state index is 13.2.